The first-order valence-corrected chi connectivity index (χ1v) is 7.71. The minimum Gasteiger partial charge on any atom is -0.350 e. The Labute approximate surface area is 135 Å². The number of nitrogens with zero attached hydrogens (tertiary/aromatic N) is 2. The van der Waals surface area contributed by atoms with Crippen molar-refractivity contribution in [2.24, 2.45) is 0 Å². The van der Waals surface area contributed by atoms with E-state index in [-0.39, 0.29) is 10.5 Å². The summed E-state index contributed by atoms with van der Waals surface area (Å²) in [4.78, 5) is 12.4. The predicted octanol–water partition coefficient (Wildman–Crippen LogP) is 2.99. The van der Waals surface area contributed by atoms with Crippen LogP contribution in [0.25, 0.3) is 0 Å². The number of aromatic amines is 1. The van der Waals surface area contributed by atoms with Crippen molar-refractivity contribution in [1.82, 2.24) is 20.1 Å². The van der Waals surface area contributed by atoms with E-state index in [9.17, 15) is 13.6 Å². The van der Waals surface area contributed by atoms with E-state index in [1.54, 1.807) is 23.6 Å². The van der Waals surface area contributed by atoms with Crippen LogP contribution in [0, 0.1) is 11.7 Å². The van der Waals surface area contributed by atoms with Gasteiger partial charge in [-0.25, -0.2) is 0 Å². The van der Waals surface area contributed by atoms with Gasteiger partial charge in [0.2, 0.25) is 0 Å². The van der Waals surface area contributed by atoms with Gasteiger partial charge in [-0.05, 0) is 31.3 Å². The van der Waals surface area contributed by atoms with Crippen LogP contribution in [0.1, 0.15) is 16.2 Å². The van der Waals surface area contributed by atoms with E-state index in [1.807, 2.05) is 0 Å². The van der Waals surface area contributed by atoms with Gasteiger partial charge in [-0.1, -0.05) is 23.9 Å². The van der Waals surface area contributed by atoms with E-state index >= 15 is 0 Å². The summed E-state index contributed by atoms with van der Waals surface area (Å²) < 4.78 is 27.2. The van der Waals surface area contributed by atoms with Crippen molar-refractivity contribution in [2.45, 2.75) is 24.1 Å². The van der Waals surface area contributed by atoms with Crippen molar-refractivity contribution in [3.63, 3.8) is 0 Å². The monoisotopic (exact) mass is 344 g/mol. The zero-order valence-electron chi connectivity index (χ0n) is 11.7. The van der Waals surface area contributed by atoms with Gasteiger partial charge in [0.1, 0.15) is 5.82 Å². The summed E-state index contributed by atoms with van der Waals surface area (Å²) in [7, 11) is 0. The van der Waals surface area contributed by atoms with Crippen LogP contribution in [0.2, 0.25) is 0 Å². The molecule has 1 aromatic heterocycles. The number of thioether (sulfide) groups is 1. The molecule has 5 nitrogen and oxygen atoms in total. The lowest BCUT2D eigenvalue weighted by atomic mass is 10.2. The number of alkyl halides is 2. The summed E-state index contributed by atoms with van der Waals surface area (Å²) in [6.45, 7) is 2.57. The maximum absolute atomic E-state index is 12.5. The van der Waals surface area contributed by atoms with Crippen LogP contribution < -0.4 is 5.32 Å². The van der Waals surface area contributed by atoms with Crippen LogP contribution in [-0.4, -0.2) is 33.0 Å². The Hall–Kier alpha value is -1.74. The van der Waals surface area contributed by atoms with Gasteiger partial charge in [-0.2, -0.15) is 13.9 Å². The molecule has 1 aromatic carbocycles. The van der Waals surface area contributed by atoms with Crippen LogP contribution in [0.15, 0.2) is 29.2 Å². The molecule has 2 aromatic rings. The highest BCUT2D eigenvalue weighted by Crippen LogP contribution is 2.28. The molecule has 0 aliphatic rings. The summed E-state index contributed by atoms with van der Waals surface area (Å²) in [5.41, 5.74) is 0.236. The number of carbonyl (C=O) groups excluding carboxylic acids is 1. The minimum absolute atomic E-state index is 0.236. The highest BCUT2D eigenvalue weighted by atomic mass is 32.2. The van der Waals surface area contributed by atoms with Gasteiger partial charge in [0.05, 0.1) is 5.56 Å². The minimum atomic E-state index is -2.57. The molecule has 2 rings (SSSR count). The Kier molecular flexibility index (Phi) is 5.67. The predicted molar refractivity (Wildman–Crippen MR) is 82.8 cm³/mol. The van der Waals surface area contributed by atoms with E-state index in [2.05, 4.69) is 15.5 Å². The number of aromatic nitrogens is 3. The molecule has 1 amide bonds. The van der Waals surface area contributed by atoms with Gasteiger partial charge in [0.25, 0.3) is 11.7 Å². The third kappa shape index (κ3) is 4.14. The Morgan fingerprint density at radius 3 is 2.86 bits per heavy atom. The molecule has 0 aliphatic carbocycles. The van der Waals surface area contributed by atoms with Crippen molar-refractivity contribution in [3.8, 4) is 0 Å². The molecule has 0 spiro atoms. The van der Waals surface area contributed by atoms with Gasteiger partial charge >= 0.3 is 0 Å². The lowest BCUT2D eigenvalue weighted by molar-refractivity contribution is 0.0949. The first-order chi connectivity index (χ1) is 10.5. The molecule has 0 saturated heterocycles. The smallest absolute Gasteiger partial charge is 0.288 e. The van der Waals surface area contributed by atoms with E-state index in [0.717, 1.165) is 0 Å². The fraction of sp³-hybridized carbons (Fsp3) is 0.308. The zero-order valence-corrected chi connectivity index (χ0v) is 13.3. The Bertz CT molecular complexity index is 714. The number of hydrogen-bond donors (Lipinski definition) is 2. The molecule has 0 aliphatic heterocycles. The van der Waals surface area contributed by atoms with Crippen molar-refractivity contribution in [3.05, 3.63) is 40.4 Å². The highest BCUT2D eigenvalue weighted by molar-refractivity contribution is 7.99. The van der Waals surface area contributed by atoms with E-state index in [1.165, 1.54) is 12.1 Å². The summed E-state index contributed by atoms with van der Waals surface area (Å²) in [5.74, 6) is -2.25. The van der Waals surface area contributed by atoms with Crippen LogP contribution >= 0.6 is 24.0 Å². The molecule has 0 bridgehead atoms. The number of rotatable bonds is 6. The van der Waals surface area contributed by atoms with Crippen molar-refractivity contribution in [2.75, 3.05) is 6.54 Å². The van der Waals surface area contributed by atoms with Crippen molar-refractivity contribution in [1.29, 1.82) is 0 Å². The lowest BCUT2D eigenvalue weighted by Crippen LogP contribution is -2.28. The first kappa shape index (κ1) is 16.6. The Morgan fingerprint density at radius 1 is 1.50 bits per heavy atom. The average molecular weight is 344 g/mol. The van der Waals surface area contributed by atoms with Gasteiger partial charge in [-0.3, -0.25) is 9.89 Å². The molecule has 22 heavy (non-hydrogen) atoms. The maximum atomic E-state index is 12.5. The molecule has 0 radical (unpaired) electrons. The molecule has 2 N–H and O–H groups in total. The standard InChI is InChI=1S/C13H14F2N4OS2/c1-8-17-18-13(21)19(8)7-6-16-11(20)9-4-2-3-5-10(9)22-12(14)15/h2-5,12H,6-7H2,1H3,(H,16,20)(H,18,21). The number of benzene rings is 1. The molecular weight excluding hydrogens is 330 g/mol. The van der Waals surface area contributed by atoms with E-state index < -0.39 is 11.7 Å². The second-order valence-corrected chi connectivity index (χ2v) is 5.78. The third-order valence-corrected chi connectivity index (χ3v) is 4.02. The third-order valence-electron chi connectivity index (χ3n) is 2.92. The topological polar surface area (TPSA) is 62.7 Å². The molecule has 1 heterocycles. The lowest BCUT2D eigenvalue weighted by Gasteiger charge is -2.10. The fourth-order valence-corrected chi connectivity index (χ4v) is 2.80. The highest BCUT2D eigenvalue weighted by Gasteiger charge is 2.14. The fourth-order valence-electron chi connectivity index (χ4n) is 1.89. The number of halogens is 2. The van der Waals surface area contributed by atoms with Crippen molar-refractivity contribution >= 4 is 29.9 Å². The van der Waals surface area contributed by atoms with E-state index in [0.29, 0.717) is 35.4 Å². The average Bonchev–Trinajstić information content (AvgIpc) is 2.79. The summed E-state index contributed by atoms with van der Waals surface area (Å²) in [6, 6.07) is 6.29. The number of amides is 1. The Morgan fingerprint density at radius 2 is 2.23 bits per heavy atom. The number of aryl methyl sites for hydroxylation is 1. The SMILES string of the molecule is Cc1n[nH]c(=S)n1CCNC(=O)c1ccccc1SC(F)F. The van der Waals surface area contributed by atoms with E-state index in [4.69, 9.17) is 12.2 Å². The number of hydrogen-bond acceptors (Lipinski definition) is 4. The van der Waals surface area contributed by atoms with Crippen molar-refractivity contribution < 1.29 is 13.6 Å². The second kappa shape index (κ2) is 7.50. The van der Waals surface area contributed by atoms with Crippen LogP contribution in [0.4, 0.5) is 8.78 Å². The molecule has 118 valence electrons. The Balaban J connectivity index is 2.00. The molecule has 0 saturated carbocycles. The van der Waals surface area contributed by atoms with Gasteiger partial charge in [-0.15, -0.1) is 0 Å². The quantitative estimate of drug-likeness (QED) is 0.625. The van der Waals surface area contributed by atoms with Crippen LogP contribution in [0.5, 0.6) is 0 Å². The largest absolute Gasteiger partial charge is 0.350 e. The maximum Gasteiger partial charge on any atom is 0.288 e. The molecule has 9 heteroatoms. The van der Waals surface area contributed by atoms with Gasteiger partial charge in [0, 0.05) is 18.0 Å². The summed E-state index contributed by atoms with van der Waals surface area (Å²) in [5, 5.41) is 9.32. The molecule has 0 atom stereocenters. The first-order valence-electron chi connectivity index (χ1n) is 6.43. The summed E-state index contributed by atoms with van der Waals surface area (Å²) >= 11 is 5.42. The number of H-pyrrole nitrogens is 1. The van der Waals surface area contributed by atoms with Gasteiger partial charge in [0.15, 0.2) is 4.77 Å². The molecular formula is C13H14F2N4OS2. The van der Waals surface area contributed by atoms with Gasteiger partial charge < -0.3 is 9.88 Å². The second-order valence-electron chi connectivity index (χ2n) is 4.36. The van der Waals surface area contributed by atoms with Crippen LogP contribution in [0.3, 0.4) is 0 Å². The van der Waals surface area contributed by atoms with Crippen LogP contribution in [-0.2, 0) is 6.54 Å². The zero-order chi connectivity index (χ0) is 16.1. The summed E-state index contributed by atoms with van der Waals surface area (Å²) in [6.07, 6.45) is 0. The number of carbonyl (C=O) groups is 1. The molecule has 0 fully saturated rings. The normalized spacial score (nSPS) is 10.9. The number of nitrogens with one attached hydrogen (secondary N) is 2. The molecule has 0 unspecified atom stereocenters.